The van der Waals surface area contributed by atoms with Crippen molar-refractivity contribution in [1.82, 2.24) is 0 Å². The van der Waals surface area contributed by atoms with E-state index < -0.39 is 24.3 Å². The molecule has 0 saturated heterocycles. The van der Waals surface area contributed by atoms with Crippen LogP contribution in [0.4, 0.5) is 10.5 Å². The molecule has 8 heteroatoms. The molecule has 250 valence electrons. The molecule has 2 atom stereocenters. The summed E-state index contributed by atoms with van der Waals surface area (Å²) < 4.78 is 16.8. The fourth-order valence-electron chi connectivity index (χ4n) is 6.83. The van der Waals surface area contributed by atoms with Crippen LogP contribution in [0, 0.1) is 5.92 Å². The van der Waals surface area contributed by atoms with Crippen molar-refractivity contribution >= 4 is 23.7 Å². The summed E-state index contributed by atoms with van der Waals surface area (Å²) in [5, 5.41) is 12.4. The minimum Gasteiger partial charge on any atom is -0.479 e. The first-order valence-corrected chi connectivity index (χ1v) is 16.9. The molecule has 0 radical (unpaired) electrons. The van der Waals surface area contributed by atoms with Gasteiger partial charge in [-0.05, 0) is 66.8 Å². The van der Waals surface area contributed by atoms with Crippen molar-refractivity contribution in [3.63, 3.8) is 0 Å². The Kier molecular flexibility index (Phi) is 10.9. The van der Waals surface area contributed by atoms with Gasteiger partial charge in [0.15, 0.2) is 6.10 Å². The highest BCUT2D eigenvalue weighted by molar-refractivity contribution is 5.93. The molecule has 2 aliphatic rings. The van der Waals surface area contributed by atoms with Crippen LogP contribution in [0.2, 0.25) is 0 Å². The molecule has 1 aliphatic heterocycles. The Bertz CT molecular complexity index is 1520. The molecule has 8 nitrogen and oxygen atoms in total. The average molecular weight is 642 g/mol. The first-order chi connectivity index (χ1) is 22.5. The molecule has 1 aliphatic carbocycles. The standard InChI is InChI=1S/C39H47NO7/c1-25(37(42)43)45-38(44)46-28(22-26-12-6-5-7-13-26)20-18-27-19-21-32(39(2,3)4)33(23-27)40-36(41)24-31-29-14-8-10-16-34(29)47-35-17-11-9-15-30(31)35/h8-11,14-17,19,21,23,25-26,28,31H,5-7,12-13,18,20,22,24H2,1-4H3,(H,40,41)(H,42,43). The number of aliphatic carboxylic acids is 1. The fourth-order valence-corrected chi connectivity index (χ4v) is 6.83. The van der Waals surface area contributed by atoms with Gasteiger partial charge in [0.05, 0.1) is 0 Å². The smallest absolute Gasteiger partial charge is 0.479 e. The molecular weight excluding hydrogens is 594 g/mol. The third-order valence-corrected chi connectivity index (χ3v) is 9.32. The summed E-state index contributed by atoms with van der Waals surface area (Å²) in [5.41, 5.74) is 4.59. The zero-order valence-corrected chi connectivity index (χ0v) is 27.9. The Morgan fingerprint density at radius 2 is 1.55 bits per heavy atom. The van der Waals surface area contributed by atoms with Crippen LogP contribution in [0.1, 0.15) is 107 Å². The zero-order chi connectivity index (χ0) is 33.6. The van der Waals surface area contributed by atoms with Crippen molar-refractivity contribution in [3.8, 4) is 11.5 Å². The van der Waals surface area contributed by atoms with Crippen LogP contribution in [-0.2, 0) is 30.9 Å². The Morgan fingerprint density at radius 1 is 0.915 bits per heavy atom. The van der Waals surface area contributed by atoms with Crippen molar-refractivity contribution in [3.05, 3.63) is 89.0 Å². The number of hydrogen-bond donors (Lipinski definition) is 2. The SMILES string of the molecule is CC(OC(=O)OC(CCc1ccc(C(C)(C)C)c(NC(=O)CC2c3ccccc3Oc3ccccc32)c1)CC1CCCCC1)C(=O)O. The monoisotopic (exact) mass is 641 g/mol. The van der Waals surface area contributed by atoms with Gasteiger partial charge in [0.1, 0.15) is 17.6 Å². The van der Waals surface area contributed by atoms with E-state index in [1.165, 1.54) is 26.2 Å². The largest absolute Gasteiger partial charge is 0.509 e. The quantitative estimate of drug-likeness (QED) is 0.201. The summed E-state index contributed by atoms with van der Waals surface area (Å²) in [6.07, 6.45) is 5.28. The third-order valence-electron chi connectivity index (χ3n) is 9.32. The molecule has 3 aromatic rings. The van der Waals surface area contributed by atoms with Crippen LogP contribution >= 0.6 is 0 Å². The highest BCUT2D eigenvalue weighted by Crippen LogP contribution is 2.45. The number of carbonyl (C=O) groups is 3. The van der Waals surface area contributed by atoms with Crippen LogP contribution in [0.25, 0.3) is 0 Å². The number of para-hydroxylation sites is 2. The minimum atomic E-state index is -1.28. The Morgan fingerprint density at radius 3 is 2.17 bits per heavy atom. The van der Waals surface area contributed by atoms with Gasteiger partial charge < -0.3 is 24.6 Å². The third kappa shape index (κ3) is 8.93. The predicted molar refractivity (Wildman–Crippen MR) is 181 cm³/mol. The summed E-state index contributed by atoms with van der Waals surface area (Å²) in [7, 11) is 0. The van der Waals surface area contributed by atoms with Gasteiger partial charge in [-0.2, -0.15) is 0 Å². The van der Waals surface area contributed by atoms with Crippen molar-refractivity contribution in [2.45, 2.75) is 109 Å². The molecule has 1 fully saturated rings. The Hall–Kier alpha value is -4.33. The lowest BCUT2D eigenvalue weighted by Crippen LogP contribution is -2.28. The van der Waals surface area contributed by atoms with Crippen molar-refractivity contribution in [2.75, 3.05) is 5.32 Å². The number of nitrogens with one attached hydrogen (secondary N) is 1. The van der Waals surface area contributed by atoms with Crippen LogP contribution in [0.15, 0.2) is 66.7 Å². The topological polar surface area (TPSA) is 111 Å². The second kappa shape index (κ2) is 15.1. The number of carbonyl (C=O) groups excluding carboxylic acids is 2. The van der Waals surface area contributed by atoms with E-state index in [9.17, 15) is 14.4 Å². The van der Waals surface area contributed by atoms with E-state index in [2.05, 4.69) is 38.2 Å². The van der Waals surface area contributed by atoms with Crippen molar-refractivity contribution in [2.24, 2.45) is 5.92 Å². The predicted octanol–water partition coefficient (Wildman–Crippen LogP) is 9.15. The van der Waals surface area contributed by atoms with Gasteiger partial charge in [0.25, 0.3) is 0 Å². The number of carboxylic acids is 1. The molecule has 3 aromatic carbocycles. The number of rotatable bonds is 11. The normalized spacial score (nSPS) is 16.2. The number of hydrogen-bond acceptors (Lipinski definition) is 6. The maximum Gasteiger partial charge on any atom is 0.509 e. The molecule has 0 aromatic heterocycles. The van der Waals surface area contributed by atoms with Crippen LogP contribution < -0.4 is 10.1 Å². The maximum atomic E-state index is 13.8. The van der Waals surface area contributed by atoms with Crippen LogP contribution in [0.3, 0.4) is 0 Å². The highest BCUT2D eigenvalue weighted by Gasteiger charge is 2.30. The van der Waals surface area contributed by atoms with Gasteiger partial charge in [-0.25, -0.2) is 9.59 Å². The molecule has 47 heavy (non-hydrogen) atoms. The number of fused-ring (bicyclic) bond motifs is 2. The highest BCUT2D eigenvalue weighted by atomic mass is 16.7. The van der Waals surface area contributed by atoms with Crippen molar-refractivity contribution in [1.29, 1.82) is 0 Å². The maximum absolute atomic E-state index is 13.8. The van der Waals surface area contributed by atoms with Crippen LogP contribution in [0.5, 0.6) is 11.5 Å². The summed E-state index contributed by atoms with van der Waals surface area (Å²) in [5.74, 6) is 0.554. The summed E-state index contributed by atoms with van der Waals surface area (Å²) in [6.45, 7) is 7.69. The Balaban J connectivity index is 1.32. The number of ether oxygens (including phenoxy) is 3. The van der Waals surface area contributed by atoms with Gasteiger partial charge in [-0.15, -0.1) is 0 Å². The summed E-state index contributed by atoms with van der Waals surface area (Å²) in [4.78, 5) is 37.5. The first-order valence-electron chi connectivity index (χ1n) is 16.9. The second-order valence-electron chi connectivity index (χ2n) is 14.0. The van der Waals surface area contributed by atoms with Gasteiger partial charge >= 0.3 is 12.1 Å². The Labute approximate surface area is 277 Å². The van der Waals surface area contributed by atoms with E-state index >= 15 is 0 Å². The molecule has 1 amide bonds. The van der Waals surface area contributed by atoms with E-state index in [4.69, 9.17) is 19.3 Å². The molecule has 1 heterocycles. The first kappa shape index (κ1) is 34.0. The molecule has 0 spiro atoms. The zero-order valence-electron chi connectivity index (χ0n) is 27.9. The van der Waals surface area contributed by atoms with Gasteiger partial charge in [-0.1, -0.05) is 101 Å². The lowest BCUT2D eigenvalue weighted by atomic mass is 9.83. The fraction of sp³-hybridized carbons (Fsp3) is 0.462. The number of aryl methyl sites for hydroxylation is 1. The molecule has 0 bridgehead atoms. The van der Waals surface area contributed by atoms with Crippen LogP contribution in [-0.4, -0.2) is 35.3 Å². The minimum absolute atomic E-state index is 0.0852. The summed E-state index contributed by atoms with van der Waals surface area (Å²) >= 11 is 0. The average Bonchev–Trinajstić information content (AvgIpc) is 3.03. The molecule has 2 N–H and O–H groups in total. The van der Waals surface area contributed by atoms with Gasteiger partial charge in [0.2, 0.25) is 5.91 Å². The van der Waals surface area contributed by atoms with E-state index in [1.54, 1.807) is 0 Å². The number of benzene rings is 3. The van der Waals surface area contributed by atoms with E-state index in [1.807, 2.05) is 54.6 Å². The van der Waals surface area contributed by atoms with E-state index in [0.29, 0.717) is 25.2 Å². The lowest BCUT2D eigenvalue weighted by molar-refractivity contribution is -0.147. The summed E-state index contributed by atoms with van der Waals surface area (Å²) in [6, 6.07) is 21.9. The molecule has 1 saturated carbocycles. The molecule has 5 rings (SSSR count). The second-order valence-corrected chi connectivity index (χ2v) is 14.0. The molecular formula is C39H47NO7. The number of amides is 1. The van der Waals surface area contributed by atoms with E-state index in [0.717, 1.165) is 52.3 Å². The van der Waals surface area contributed by atoms with Crippen molar-refractivity contribution < 1.29 is 33.7 Å². The van der Waals surface area contributed by atoms with E-state index in [-0.39, 0.29) is 23.7 Å². The van der Waals surface area contributed by atoms with Gasteiger partial charge in [0, 0.05) is 29.2 Å². The lowest BCUT2D eigenvalue weighted by Gasteiger charge is -2.28. The van der Waals surface area contributed by atoms with Gasteiger partial charge in [-0.3, -0.25) is 4.79 Å². The molecule has 2 unspecified atom stereocenters. The number of anilines is 1. The number of carboxylic acid groups (broad SMARTS) is 1.